The van der Waals surface area contributed by atoms with Gasteiger partial charge in [0.25, 0.3) is 0 Å². The lowest BCUT2D eigenvalue weighted by Crippen LogP contribution is -2.35. The van der Waals surface area contributed by atoms with Crippen molar-refractivity contribution in [3.05, 3.63) is 28.2 Å². The van der Waals surface area contributed by atoms with E-state index in [1.54, 1.807) is 0 Å². The molecule has 0 spiro atoms. The van der Waals surface area contributed by atoms with Gasteiger partial charge in [-0.3, -0.25) is 4.72 Å². The van der Waals surface area contributed by atoms with Gasteiger partial charge in [-0.25, -0.2) is 8.78 Å². The minimum Gasteiger partial charge on any atom is -0.317 e. The SMILES string of the molecule is CCNCCCN(C)S(=O)(=O)Nc1c(F)cc(Br)cc1F. The molecule has 0 heterocycles. The van der Waals surface area contributed by atoms with Crippen LogP contribution in [0, 0.1) is 11.6 Å². The predicted octanol–water partition coefficient (Wildman–Crippen LogP) is 2.32. The van der Waals surface area contributed by atoms with Crippen molar-refractivity contribution in [1.82, 2.24) is 9.62 Å². The number of anilines is 1. The maximum atomic E-state index is 13.6. The third-order valence-electron chi connectivity index (χ3n) is 2.72. The van der Waals surface area contributed by atoms with Crippen LogP contribution in [0.5, 0.6) is 0 Å². The number of benzene rings is 1. The second-order valence-electron chi connectivity index (χ2n) is 4.38. The summed E-state index contributed by atoms with van der Waals surface area (Å²) in [5.74, 6) is -1.96. The van der Waals surface area contributed by atoms with Crippen LogP contribution in [0.3, 0.4) is 0 Å². The summed E-state index contributed by atoms with van der Waals surface area (Å²) >= 11 is 2.93. The molecule has 9 heteroatoms. The fourth-order valence-corrected chi connectivity index (χ4v) is 2.95. The number of halogens is 3. The molecule has 120 valence electrons. The van der Waals surface area contributed by atoms with Gasteiger partial charge in [-0.2, -0.15) is 12.7 Å². The van der Waals surface area contributed by atoms with Gasteiger partial charge < -0.3 is 5.32 Å². The van der Waals surface area contributed by atoms with Crippen LogP contribution < -0.4 is 10.0 Å². The molecule has 0 fully saturated rings. The smallest absolute Gasteiger partial charge is 0.301 e. The van der Waals surface area contributed by atoms with E-state index in [1.165, 1.54) is 7.05 Å². The minimum atomic E-state index is -4.00. The zero-order valence-electron chi connectivity index (χ0n) is 11.8. The van der Waals surface area contributed by atoms with Crippen LogP contribution in [0.4, 0.5) is 14.5 Å². The van der Waals surface area contributed by atoms with Gasteiger partial charge in [0.15, 0.2) is 11.6 Å². The molecule has 0 saturated heterocycles. The van der Waals surface area contributed by atoms with Gasteiger partial charge in [0.2, 0.25) is 0 Å². The molecule has 0 aliphatic heterocycles. The first-order valence-electron chi connectivity index (χ1n) is 6.37. The Balaban J connectivity index is 2.76. The lowest BCUT2D eigenvalue weighted by molar-refractivity contribution is 0.459. The van der Waals surface area contributed by atoms with E-state index in [1.807, 2.05) is 11.6 Å². The van der Waals surface area contributed by atoms with E-state index in [2.05, 4.69) is 21.2 Å². The van der Waals surface area contributed by atoms with Crippen LogP contribution in [0.2, 0.25) is 0 Å². The molecule has 1 rings (SSSR count). The standard InChI is InChI=1S/C12H18BrF2N3O2S/c1-3-16-5-4-6-18(2)21(19,20)17-12-10(14)7-9(13)8-11(12)15/h7-8,16-17H,3-6H2,1-2H3. The summed E-state index contributed by atoms with van der Waals surface area (Å²) in [5.41, 5.74) is -0.684. The predicted molar refractivity (Wildman–Crippen MR) is 82.4 cm³/mol. The summed E-state index contributed by atoms with van der Waals surface area (Å²) in [5, 5.41) is 3.06. The van der Waals surface area contributed by atoms with Crippen molar-refractivity contribution in [3.63, 3.8) is 0 Å². The number of hydrogen-bond acceptors (Lipinski definition) is 3. The molecule has 0 unspecified atom stereocenters. The molecule has 0 atom stereocenters. The molecule has 21 heavy (non-hydrogen) atoms. The highest BCUT2D eigenvalue weighted by Crippen LogP contribution is 2.25. The highest BCUT2D eigenvalue weighted by Gasteiger charge is 2.21. The summed E-state index contributed by atoms with van der Waals surface area (Å²) in [6.07, 6.45) is 0.594. The van der Waals surface area contributed by atoms with Gasteiger partial charge >= 0.3 is 10.2 Å². The van der Waals surface area contributed by atoms with Crippen molar-refractivity contribution in [2.24, 2.45) is 0 Å². The molecule has 0 amide bonds. The maximum Gasteiger partial charge on any atom is 0.301 e. The average Bonchev–Trinajstić information content (AvgIpc) is 2.38. The number of nitrogens with one attached hydrogen (secondary N) is 2. The van der Waals surface area contributed by atoms with E-state index < -0.39 is 27.5 Å². The quantitative estimate of drug-likeness (QED) is 0.675. The largest absolute Gasteiger partial charge is 0.317 e. The number of hydrogen-bond donors (Lipinski definition) is 2. The normalized spacial score (nSPS) is 11.9. The van der Waals surface area contributed by atoms with Crippen molar-refractivity contribution >= 4 is 31.8 Å². The van der Waals surface area contributed by atoms with Crippen LogP contribution in [-0.2, 0) is 10.2 Å². The Bertz CT molecular complexity index is 561. The van der Waals surface area contributed by atoms with Gasteiger partial charge in [-0.05, 0) is 31.6 Å². The zero-order valence-corrected chi connectivity index (χ0v) is 14.2. The second kappa shape index (κ2) is 8.02. The molecular weight excluding hydrogens is 368 g/mol. The first-order chi connectivity index (χ1) is 9.77. The van der Waals surface area contributed by atoms with Crippen molar-refractivity contribution in [3.8, 4) is 0 Å². The van der Waals surface area contributed by atoms with E-state index in [9.17, 15) is 17.2 Å². The summed E-state index contributed by atoms with van der Waals surface area (Å²) in [4.78, 5) is 0. The van der Waals surface area contributed by atoms with Gasteiger partial charge in [0, 0.05) is 18.1 Å². The molecule has 0 aliphatic carbocycles. The van der Waals surface area contributed by atoms with E-state index >= 15 is 0 Å². The van der Waals surface area contributed by atoms with Crippen molar-refractivity contribution in [2.75, 3.05) is 31.4 Å². The molecule has 2 N–H and O–H groups in total. The van der Waals surface area contributed by atoms with Crippen LogP contribution in [0.15, 0.2) is 16.6 Å². The third kappa shape index (κ3) is 5.50. The Kier molecular flexibility index (Phi) is 6.98. The highest BCUT2D eigenvalue weighted by atomic mass is 79.9. The highest BCUT2D eigenvalue weighted by molar-refractivity contribution is 9.10. The summed E-state index contributed by atoms with van der Waals surface area (Å²) in [6, 6.07) is 1.98. The first kappa shape index (κ1) is 18.3. The average molecular weight is 386 g/mol. The topological polar surface area (TPSA) is 61.4 Å². The van der Waals surface area contributed by atoms with E-state index in [0.717, 1.165) is 23.0 Å². The molecule has 0 aromatic heterocycles. The minimum absolute atomic E-state index is 0.194. The van der Waals surface area contributed by atoms with Crippen LogP contribution >= 0.6 is 15.9 Å². The van der Waals surface area contributed by atoms with Gasteiger partial charge in [-0.15, -0.1) is 0 Å². The number of nitrogens with zero attached hydrogens (tertiary/aromatic N) is 1. The molecule has 0 saturated carbocycles. The lowest BCUT2D eigenvalue weighted by atomic mass is 10.3. The van der Waals surface area contributed by atoms with Gasteiger partial charge in [-0.1, -0.05) is 22.9 Å². The molecule has 0 aliphatic rings. The molecule has 5 nitrogen and oxygen atoms in total. The van der Waals surface area contributed by atoms with Crippen molar-refractivity contribution in [2.45, 2.75) is 13.3 Å². The molecule has 1 aromatic rings. The summed E-state index contributed by atoms with van der Waals surface area (Å²) < 4.78 is 54.4. The lowest BCUT2D eigenvalue weighted by Gasteiger charge is -2.19. The van der Waals surface area contributed by atoms with Gasteiger partial charge in [0.05, 0.1) is 0 Å². The fourth-order valence-electron chi connectivity index (χ4n) is 1.57. The van der Waals surface area contributed by atoms with E-state index in [-0.39, 0.29) is 11.0 Å². The van der Waals surface area contributed by atoms with Crippen LogP contribution in [-0.4, -0.2) is 39.4 Å². The van der Waals surface area contributed by atoms with E-state index in [0.29, 0.717) is 13.0 Å². The summed E-state index contributed by atoms with van der Waals surface area (Å²) in [7, 11) is -2.65. The summed E-state index contributed by atoms with van der Waals surface area (Å²) in [6.45, 7) is 3.64. The Hall–Kier alpha value is -0.770. The maximum absolute atomic E-state index is 13.6. The molecule has 0 radical (unpaired) electrons. The molecule has 1 aromatic carbocycles. The van der Waals surface area contributed by atoms with E-state index in [4.69, 9.17) is 0 Å². The zero-order chi connectivity index (χ0) is 16.0. The molecule has 0 bridgehead atoms. The fraction of sp³-hybridized carbons (Fsp3) is 0.500. The Morgan fingerprint density at radius 2 is 1.86 bits per heavy atom. The van der Waals surface area contributed by atoms with Crippen LogP contribution in [0.1, 0.15) is 13.3 Å². The first-order valence-corrected chi connectivity index (χ1v) is 8.60. The third-order valence-corrected chi connectivity index (χ3v) is 4.65. The van der Waals surface area contributed by atoms with Crippen molar-refractivity contribution < 1.29 is 17.2 Å². The molecular formula is C12H18BrF2N3O2S. The Morgan fingerprint density at radius 3 is 2.38 bits per heavy atom. The van der Waals surface area contributed by atoms with Gasteiger partial charge in [0.1, 0.15) is 5.69 Å². The number of rotatable bonds is 8. The monoisotopic (exact) mass is 385 g/mol. The van der Waals surface area contributed by atoms with Crippen molar-refractivity contribution in [1.29, 1.82) is 0 Å². The Morgan fingerprint density at radius 1 is 1.29 bits per heavy atom. The van der Waals surface area contributed by atoms with Crippen LogP contribution in [0.25, 0.3) is 0 Å². The Labute approximate surface area is 132 Å². The second-order valence-corrected chi connectivity index (χ2v) is 7.07.